The average Bonchev–Trinajstić information content (AvgIpc) is 2.62. The molecule has 0 spiro atoms. The summed E-state index contributed by atoms with van der Waals surface area (Å²) in [6.07, 6.45) is 0. The van der Waals surface area contributed by atoms with Gasteiger partial charge in [0.2, 0.25) is 0 Å². The van der Waals surface area contributed by atoms with Gasteiger partial charge in [0.25, 0.3) is 0 Å². The van der Waals surface area contributed by atoms with E-state index in [2.05, 4.69) is 67.7 Å². The zero-order chi connectivity index (χ0) is 24.3. The molecular weight excluding hydrogens is 424 g/mol. The van der Waals surface area contributed by atoms with Crippen LogP contribution in [-0.4, -0.2) is 48.5 Å². The minimum atomic E-state index is -2.12. The van der Waals surface area contributed by atoms with Gasteiger partial charge in [0.05, 0.1) is 19.3 Å². The molecule has 0 aromatic heterocycles. The summed E-state index contributed by atoms with van der Waals surface area (Å²) in [5.41, 5.74) is -0.235. The first kappa shape index (κ1) is 27.9. The average molecular weight is 469 g/mol. The van der Waals surface area contributed by atoms with Crippen LogP contribution < -0.4 is 4.74 Å². The van der Waals surface area contributed by atoms with Crippen molar-refractivity contribution in [1.82, 2.24) is 0 Å². The lowest BCUT2D eigenvalue weighted by Crippen LogP contribution is -2.55. The monoisotopic (exact) mass is 468 g/mol. The Labute approximate surface area is 192 Å². The van der Waals surface area contributed by atoms with E-state index >= 15 is 0 Å². The van der Waals surface area contributed by atoms with Gasteiger partial charge in [-0.1, -0.05) is 41.5 Å². The third kappa shape index (κ3) is 7.73. The number of hydrogen-bond acceptors (Lipinski definition) is 5. The van der Waals surface area contributed by atoms with Crippen molar-refractivity contribution in [2.45, 2.75) is 90.3 Å². The van der Waals surface area contributed by atoms with E-state index in [4.69, 9.17) is 18.3 Å². The molecule has 0 heterocycles. The molecular formula is C24H44O5Si2. The molecule has 1 aromatic carbocycles. The smallest absolute Gasteiger partial charge is 0.338 e. The zero-order valence-corrected chi connectivity index (χ0v) is 23.8. The van der Waals surface area contributed by atoms with Crippen LogP contribution in [-0.2, 0) is 13.6 Å². The second kappa shape index (κ2) is 9.77. The van der Waals surface area contributed by atoms with E-state index in [9.17, 15) is 4.79 Å². The molecule has 0 saturated heterocycles. The normalized spacial score (nSPS) is 15.4. The first-order valence-corrected chi connectivity index (χ1v) is 16.8. The molecule has 1 atom stereocenters. The lowest BCUT2D eigenvalue weighted by Gasteiger charge is -2.45. The highest BCUT2D eigenvalue weighted by Gasteiger charge is 2.45. The second-order valence-corrected chi connectivity index (χ2v) is 21.2. The van der Waals surface area contributed by atoms with Crippen LogP contribution in [0.15, 0.2) is 24.3 Å². The van der Waals surface area contributed by atoms with E-state index in [-0.39, 0.29) is 22.7 Å². The fourth-order valence-electron chi connectivity index (χ4n) is 2.45. The maximum absolute atomic E-state index is 12.7. The quantitative estimate of drug-likeness (QED) is 0.300. The van der Waals surface area contributed by atoms with Crippen molar-refractivity contribution in [2.75, 3.05) is 20.3 Å². The molecule has 0 radical (unpaired) electrons. The number of carbonyl (C=O) groups excluding carboxylic acids is 1. The molecule has 7 heteroatoms. The number of carbonyl (C=O) groups is 1. The SMILES string of the molecule is COc1ccc(C(=O)OC[C@](C)(CO[Si](C)(C)C(C)(C)C)O[Si](C)(C)C(C)(C)C)cc1. The van der Waals surface area contributed by atoms with Crippen LogP contribution in [0, 0.1) is 0 Å². The van der Waals surface area contributed by atoms with Gasteiger partial charge in [-0.3, -0.25) is 0 Å². The van der Waals surface area contributed by atoms with Gasteiger partial charge in [0.1, 0.15) is 18.0 Å². The third-order valence-electron chi connectivity index (χ3n) is 6.69. The fourth-order valence-corrected chi connectivity index (χ4v) is 5.20. The van der Waals surface area contributed by atoms with Gasteiger partial charge in [0, 0.05) is 0 Å². The van der Waals surface area contributed by atoms with E-state index in [0.29, 0.717) is 17.9 Å². The summed E-state index contributed by atoms with van der Waals surface area (Å²) in [4.78, 5) is 12.7. The number of hydrogen-bond donors (Lipinski definition) is 0. The Kier molecular flexibility index (Phi) is 8.79. The number of methoxy groups -OCH3 is 1. The van der Waals surface area contributed by atoms with Crippen LogP contribution in [0.3, 0.4) is 0 Å². The van der Waals surface area contributed by atoms with Gasteiger partial charge in [-0.15, -0.1) is 0 Å². The minimum Gasteiger partial charge on any atom is -0.497 e. The van der Waals surface area contributed by atoms with E-state index in [1.807, 2.05) is 6.92 Å². The van der Waals surface area contributed by atoms with Crippen molar-refractivity contribution in [2.24, 2.45) is 0 Å². The zero-order valence-electron chi connectivity index (χ0n) is 21.8. The van der Waals surface area contributed by atoms with Gasteiger partial charge in [-0.2, -0.15) is 0 Å². The van der Waals surface area contributed by atoms with Crippen LogP contribution in [0.4, 0.5) is 0 Å². The third-order valence-corrected chi connectivity index (χ3v) is 15.8. The maximum Gasteiger partial charge on any atom is 0.338 e. The molecule has 0 unspecified atom stereocenters. The summed E-state index contributed by atoms with van der Waals surface area (Å²) in [6.45, 7) is 24.7. The van der Waals surface area contributed by atoms with Gasteiger partial charge >= 0.3 is 5.97 Å². The Morgan fingerprint density at radius 3 is 1.71 bits per heavy atom. The molecule has 0 amide bonds. The van der Waals surface area contributed by atoms with Crippen LogP contribution in [0.25, 0.3) is 0 Å². The van der Waals surface area contributed by atoms with Crippen LogP contribution in [0.2, 0.25) is 36.3 Å². The molecule has 0 fully saturated rings. The number of rotatable bonds is 9. The van der Waals surface area contributed by atoms with Crippen molar-refractivity contribution in [3.05, 3.63) is 29.8 Å². The molecule has 31 heavy (non-hydrogen) atoms. The largest absolute Gasteiger partial charge is 0.497 e. The molecule has 1 rings (SSSR count). The van der Waals surface area contributed by atoms with E-state index in [0.717, 1.165) is 0 Å². The lowest BCUT2D eigenvalue weighted by atomic mass is 10.1. The number of benzene rings is 1. The Balaban J connectivity index is 3.04. The number of esters is 1. The predicted molar refractivity (Wildman–Crippen MR) is 133 cm³/mol. The first-order valence-electron chi connectivity index (χ1n) is 11.0. The number of ether oxygens (including phenoxy) is 2. The predicted octanol–water partition coefficient (Wildman–Crippen LogP) is 6.65. The topological polar surface area (TPSA) is 54.0 Å². The fraction of sp³-hybridized carbons (Fsp3) is 0.708. The Morgan fingerprint density at radius 1 is 0.806 bits per heavy atom. The molecule has 0 aliphatic rings. The molecule has 0 bridgehead atoms. The van der Waals surface area contributed by atoms with Crippen LogP contribution in [0.5, 0.6) is 5.75 Å². The van der Waals surface area contributed by atoms with Crippen LogP contribution in [0.1, 0.15) is 58.8 Å². The van der Waals surface area contributed by atoms with Crippen molar-refractivity contribution in [3.63, 3.8) is 0 Å². The van der Waals surface area contributed by atoms with E-state index < -0.39 is 22.2 Å². The highest BCUT2D eigenvalue weighted by atomic mass is 28.4. The van der Waals surface area contributed by atoms with Crippen molar-refractivity contribution < 1.29 is 23.1 Å². The molecule has 0 aliphatic heterocycles. The standard InChI is InChI=1S/C24H44O5Si2/c1-22(2,3)30(9,10)28-18-24(7,29-31(11,12)23(4,5)6)17-27-21(25)19-13-15-20(26-8)16-14-19/h13-16H,17-18H2,1-12H3/t24-/m1/s1. The molecule has 1 aromatic rings. The molecule has 178 valence electrons. The van der Waals surface area contributed by atoms with E-state index in [1.165, 1.54) is 0 Å². The summed E-state index contributed by atoms with van der Waals surface area (Å²) in [7, 11) is -2.51. The van der Waals surface area contributed by atoms with Crippen molar-refractivity contribution >= 4 is 22.6 Å². The minimum absolute atomic E-state index is 0.0330. The Morgan fingerprint density at radius 2 is 1.29 bits per heavy atom. The maximum atomic E-state index is 12.7. The summed E-state index contributed by atoms with van der Waals surface area (Å²) >= 11 is 0. The molecule has 0 saturated carbocycles. The Hall–Kier alpha value is -1.16. The van der Waals surface area contributed by atoms with Gasteiger partial charge in [0.15, 0.2) is 16.6 Å². The lowest BCUT2D eigenvalue weighted by molar-refractivity contribution is -0.0391. The molecule has 0 N–H and O–H groups in total. The van der Waals surface area contributed by atoms with E-state index in [1.54, 1.807) is 31.4 Å². The second-order valence-electron chi connectivity index (χ2n) is 11.7. The van der Waals surface area contributed by atoms with Gasteiger partial charge < -0.3 is 18.3 Å². The van der Waals surface area contributed by atoms with Crippen molar-refractivity contribution in [1.29, 1.82) is 0 Å². The molecule has 0 aliphatic carbocycles. The van der Waals surface area contributed by atoms with Crippen molar-refractivity contribution in [3.8, 4) is 5.75 Å². The van der Waals surface area contributed by atoms with Gasteiger partial charge in [-0.05, 0) is 67.5 Å². The van der Waals surface area contributed by atoms with Gasteiger partial charge in [-0.25, -0.2) is 4.79 Å². The first-order chi connectivity index (χ1) is 13.8. The summed E-state index contributed by atoms with van der Waals surface area (Å²) in [5, 5.41) is 0.121. The Bertz CT molecular complexity index is 730. The highest BCUT2D eigenvalue weighted by Crippen LogP contribution is 2.41. The highest BCUT2D eigenvalue weighted by molar-refractivity contribution is 6.74. The molecule has 5 nitrogen and oxygen atoms in total. The summed E-state index contributed by atoms with van der Waals surface area (Å²) < 4.78 is 24.2. The summed E-state index contributed by atoms with van der Waals surface area (Å²) in [6, 6.07) is 6.92. The summed E-state index contributed by atoms with van der Waals surface area (Å²) in [5.74, 6) is 0.324. The van der Waals surface area contributed by atoms with Crippen LogP contribution >= 0.6 is 0 Å².